The first kappa shape index (κ1) is 16.0. The van der Waals surface area contributed by atoms with E-state index in [0.29, 0.717) is 10.9 Å². The molecule has 0 N–H and O–H groups in total. The summed E-state index contributed by atoms with van der Waals surface area (Å²) in [5.41, 5.74) is 0. The third-order valence-electron chi connectivity index (χ3n) is 3.71. The Bertz CT molecular complexity index is 657. The number of thiol groups is 1. The number of halogens is 3. The zero-order valence-corrected chi connectivity index (χ0v) is 13.0. The van der Waals surface area contributed by atoms with Crippen molar-refractivity contribution in [2.45, 2.75) is 43.2 Å². The highest BCUT2D eigenvalue weighted by Crippen LogP contribution is 2.45. The molecule has 2 aliphatic rings. The van der Waals surface area contributed by atoms with Gasteiger partial charge >= 0.3 is 6.36 Å². The van der Waals surface area contributed by atoms with Crippen LogP contribution in [-0.4, -0.2) is 23.4 Å². The summed E-state index contributed by atoms with van der Waals surface area (Å²) < 4.78 is 46.9. The van der Waals surface area contributed by atoms with Crippen molar-refractivity contribution in [2.24, 2.45) is 0 Å². The fraction of sp³-hybridized carbons (Fsp3) is 0.400. The molecule has 0 bridgehead atoms. The van der Waals surface area contributed by atoms with Gasteiger partial charge < -0.3 is 14.4 Å². The molecule has 0 amide bonds. The van der Waals surface area contributed by atoms with Crippen LogP contribution in [0.2, 0.25) is 0 Å². The maximum Gasteiger partial charge on any atom is 0.573 e. The zero-order valence-electron chi connectivity index (χ0n) is 12.1. The van der Waals surface area contributed by atoms with Crippen molar-refractivity contribution in [3.8, 4) is 0 Å². The first-order valence-electron chi connectivity index (χ1n) is 7.25. The smallest absolute Gasteiger partial charge is 0.573 e. The van der Waals surface area contributed by atoms with E-state index in [1.807, 2.05) is 0 Å². The highest BCUT2D eigenvalue weighted by Gasteiger charge is 2.32. The summed E-state index contributed by atoms with van der Waals surface area (Å²) in [7, 11) is -1.12. The SMILES string of the molecule is [O-][N+](=Cc1ccc([SH]2C=CC(OC(F)(F)F)=C2)o1)C1CCCC1. The minimum absolute atomic E-state index is 0.00711. The third kappa shape index (κ3) is 4.13. The predicted molar refractivity (Wildman–Crippen MR) is 81.4 cm³/mol. The molecule has 3 rings (SSSR count). The molecular formula is C15H16F3NO3S. The van der Waals surface area contributed by atoms with Gasteiger partial charge in [0.25, 0.3) is 0 Å². The van der Waals surface area contributed by atoms with E-state index in [2.05, 4.69) is 4.74 Å². The van der Waals surface area contributed by atoms with E-state index in [1.165, 1.54) is 17.7 Å². The summed E-state index contributed by atoms with van der Waals surface area (Å²) in [6.45, 7) is 0. The van der Waals surface area contributed by atoms with Crippen molar-refractivity contribution in [2.75, 3.05) is 0 Å². The lowest BCUT2D eigenvalue weighted by molar-refractivity contribution is -0.494. The van der Waals surface area contributed by atoms with Crippen molar-refractivity contribution in [3.05, 3.63) is 45.8 Å². The van der Waals surface area contributed by atoms with E-state index < -0.39 is 17.3 Å². The average molecular weight is 347 g/mol. The lowest BCUT2D eigenvalue weighted by Crippen LogP contribution is -2.18. The Balaban J connectivity index is 1.68. The number of hydroxylamine groups is 1. The van der Waals surface area contributed by atoms with Gasteiger partial charge in [-0.2, -0.15) is 10.9 Å². The number of hydrogen-bond acceptors (Lipinski definition) is 3. The van der Waals surface area contributed by atoms with E-state index in [4.69, 9.17) is 4.42 Å². The third-order valence-corrected chi connectivity index (χ3v) is 5.46. The van der Waals surface area contributed by atoms with Gasteiger partial charge in [-0.05, 0) is 36.5 Å². The number of allylic oxidation sites excluding steroid dienone is 1. The van der Waals surface area contributed by atoms with Gasteiger partial charge in [-0.1, -0.05) is 0 Å². The molecule has 126 valence electrons. The van der Waals surface area contributed by atoms with Crippen molar-refractivity contribution < 1.29 is 27.1 Å². The average Bonchev–Trinajstić information content (AvgIpc) is 3.17. The molecule has 1 aromatic rings. The molecule has 1 aromatic heterocycles. The Labute approximate surface area is 133 Å². The van der Waals surface area contributed by atoms with Crippen LogP contribution in [0.15, 0.2) is 44.3 Å². The first-order valence-corrected chi connectivity index (χ1v) is 8.73. The molecule has 1 fully saturated rings. The van der Waals surface area contributed by atoms with Gasteiger partial charge in [0.05, 0.1) is 0 Å². The molecule has 1 saturated carbocycles. The molecule has 0 radical (unpaired) electrons. The maximum atomic E-state index is 12.2. The lowest BCUT2D eigenvalue weighted by atomic mass is 10.3. The molecular weight excluding hydrogens is 331 g/mol. The normalized spacial score (nSPS) is 24.2. The van der Waals surface area contributed by atoms with Gasteiger partial charge in [0.2, 0.25) is 6.21 Å². The molecule has 1 aliphatic heterocycles. The van der Waals surface area contributed by atoms with Crippen LogP contribution in [0.1, 0.15) is 31.4 Å². The molecule has 8 heteroatoms. The predicted octanol–water partition coefficient (Wildman–Crippen LogP) is 4.42. The van der Waals surface area contributed by atoms with Gasteiger partial charge in [0.1, 0.15) is 10.9 Å². The highest BCUT2D eigenvalue weighted by molar-refractivity contribution is 8.22. The Morgan fingerprint density at radius 2 is 2.04 bits per heavy atom. The van der Waals surface area contributed by atoms with E-state index in [1.54, 1.807) is 17.5 Å². The number of nitrogens with zero attached hydrogens (tertiary/aromatic N) is 1. The van der Waals surface area contributed by atoms with Crippen LogP contribution in [0.25, 0.3) is 0 Å². The molecule has 0 aromatic carbocycles. The van der Waals surface area contributed by atoms with Crippen LogP contribution in [-0.2, 0) is 4.74 Å². The van der Waals surface area contributed by atoms with Gasteiger partial charge in [-0.25, -0.2) is 4.74 Å². The number of alkyl halides is 3. The monoisotopic (exact) mass is 347 g/mol. The molecule has 2 heterocycles. The Morgan fingerprint density at radius 3 is 2.74 bits per heavy atom. The van der Waals surface area contributed by atoms with E-state index in [0.717, 1.165) is 30.4 Å². The summed E-state index contributed by atoms with van der Waals surface area (Å²) >= 11 is 0. The number of hydrogen-bond donors (Lipinski definition) is 1. The maximum absolute atomic E-state index is 12.2. The molecule has 1 atom stereocenters. The van der Waals surface area contributed by atoms with Crippen molar-refractivity contribution in [1.82, 2.24) is 0 Å². The second-order valence-electron chi connectivity index (χ2n) is 5.41. The van der Waals surface area contributed by atoms with Crippen LogP contribution in [0.3, 0.4) is 0 Å². The standard InChI is InChI=1S/C15H16F3NO3S/c16-15(17,18)22-13-7-8-23(10-13)14-6-5-12(21-14)9-19(20)11-3-1-2-4-11/h5-11,23H,1-4H2. The molecule has 23 heavy (non-hydrogen) atoms. The molecule has 1 unspecified atom stereocenters. The second-order valence-corrected chi connectivity index (χ2v) is 7.22. The fourth-order valence-electron chi connectivity index (χ4n) is 2.65. The molecule has 4 nitrogen and oxygen atoms in total. The Morgan fingerprint density at radius 1 is 1.30 bits per heavy atom. The quantitative estimate of drug-likeness (QED) is 0.288. The van der Waals surface area contributed by atoms with Gasteiger partial charge in [-0.3, -0.25) is 0 Å². The van der Waals surface area contributed by atoms with Crippen molar-refractivity contribution in [3.63, 3.8) is 0 Å². The largest absolute Gasteiger partial charge is 0.624 e. The topological polar surface area (TPSA) is 48.4 Å². The highest BCUT2D eigenvalue weighted by atomic mass is 32.2. The van der Waals surface area contributed by atoms with Crippen molar-refractivity contribution in [1.29, 1.82) is 0 Å². The van der Waals surface area contributed by atoms with Crippen LogP contribution < -0.4 is 0 Å². The van der Waals surface area contributed by atoms with Crippen LogP contribution in [0, 0.1) is 5.21 Å². The molecule has 0 spiro atoms. The zero-order chi connectivity index (χ0) is 16.4. The summed E-state index contributed by atoms with van der Waals surface area (Å²) in [5, 5.41) is 15.5. The molecule has 1 aliphatic carbocycles. The fourth-order valence-corrected chi connectivity index (χ4v) is 4.19. The second kappa shape index (κ2) is 6.35. The van der Waals surface area contributed by atoms with Gasteiger partial charge in [0, 0.05) is 18.2 Å². The number of ether oxygens (including phenoxy) is 1. The van der Waals surface area contributed by atoms with Crippen LogP contribution in [0.4, 0.5) is 13.2 Å². The summed E-state index contributed by atoms with van der Waals surface area (Å²) in [6, 6.07) is 3.33. The van der Waals surface area contributed by atoms with Gasteiger partial charge in [-0.15, -0.1) is 13.2 Å². The summed E-state index contributed by atoms with van der Waals surface area (Å²) in [4.78, 5) is 0. The summed E-state index contributed by atoms with van der Waals surface area (Å²) in [6.07, 6.45) is 1.86. The van der Waals surface area contributed by atoms with E-state index >= 15 is 0 Å². The number of furan rings is 1. The minimum Gasteiger partial charge on any atom is -0.624 e. The minimum atomic E-state index is -4.70. The lowest BCUT2D eigenvalue weighted by Gasteiger charge is -2.10. The van der Waals surface area contributed by atoms with Crippen LogP contribution >= 0.6 is 10.9 Å². The van der Waals surface area contributed by atoms with Crippen molar-refractivity contribution >= 4 is 17.1 Å². The first-order chi connectivity index (χ1) is 10.9. The van der Waals surface area contributed by atoms with Gasteiger partial charge in [0.15, 0.2) is 11.8 Å². The van der Waals surface area contributed by atoms with E-state index in [9.17, 15) is 18.4 Å². The Kier molecular flexibility index (Phi) is 4.43. The number of rotatable bonds is 4. The van der Waals surface area contributed by atoms with Crippen LogP contribution in [0.5, 0.6) is 0 Å². The van der Waals surface area contributed by atoms with E-state index in [-0.39, 0.29) is 11.8 Å². The molecule has 0 saturated heterocycles. The Hall–Kier alpha value is -1.83. The summed E-state index contributed by atoms with van der Waals surface area (Å²) in [5.74, 6) is 0.179.